The zero-order valence-corrected chi connectivity index (χ0v) is 11.0. The van der Waals surface area contributed by atoms with Crippen molar-refractivity contribution in [3.05, 3.63) is 38.6 Å². The van der Waals surface area contributed by atoms with Crippen LogP contribution in [0.3, 0.4) is 0 Å². The molecule has 3 nitrogen and oxygen atoms in total. The van der Waals surface area contributed by atoms with Gasteiger partial charge >= 0.3 is 5.97 Å². The van der Waals surface area contributed by atoms with Gasteiger partial charge in [0.05, 0.1) is 5.69 Å². The van der Waals surface area contributed by atoms with Crippen LogP contribution < -0.4 is 0 Å². The molecule has 0 aliphatic heterocycles. The molecule has 0 aliphatic rings. The molecular weight excluding hydrogens is 278 g/mol. The molecule has 1 heterocycles. The second-order valence-corrected chi connectivity index (χ2v) is 5.31. The molecule has 1 N–H and O–H groups in total. The van der Waals surface area contributed by atoms with Gasteiger partial charge in [-0.2, -0.15) is 0 Å². The number of aliphatic carboxylic acids is 1. The van der Waals surface area contributed by atoms with Crippen molar-refractivity contribution in [2.24, 2.45) is 0 Å². The Balaban J connectivity index is 2.48. The van der Waals surface area contributed by atoms with Crippen LogP contribution >= 0.6 is 35.2 Å². The molecule has 0 saturated carbocycles. The van der Waals surface area contributed by atoms with Crippen LogP contribution in [0, 0.1) is 3.95 Å². The standard InChI is InChI=1S/C11H8ClNO2S2/c12-8-3-1-7(2-4-8)9-6-17-11(16)13(9)5-10(14)15/h1-4,6H,5H2,(H,14,15). The Bertz CT molecular complexity index is 601. The van der Waals surface area contributed by atoms with E-state index in [1.807, 2.05) is 17.5 Å². The first kappa shape index (κ1) is 12.3. The van der Waals surface area contributed by atoms with Gasteiger partial charge in [0.2, 0.25) is 0 Å². The summed E-state index contributed by atoms with van der Waals surface area (Å²) in [5, 5.41) is 11.3. The number of carboxylic acids is 1. The summed E-state index contributed by atoms with van der Waals surface area (Å²) in [6, 6.07) is 7.22. The molecular formula is C11H8ClNO2S2. The number of hydrogen-bond donors (Lipinski definition) is 1. The highest BCUT2D eigenvalue weighted by Crippen LogP contribution is 2.25. The van der Waals surface area contributed by atoms with Crippen molar-refractivity contribution in [1.29, 1.82) is 0 Å². The molecule has 2 aromatic rings. The fourth-order valence-electron chi connectivity index (χ4n) is 1.46. The van der Waals surface area contributed by atoms with E-state index < -0.39 is 5.97 Å². The molecule has 0 unspecified atom stereocenters. The lowest BCUT2D eigenvalue weighted by molar-refractivity contribution is -0.137. The van der Waals surface area contributed by atoms with Gasteiger partial charge in [0, 0.05) is 10.4 Å². The Kier molecular flexibility index (Phi) is 3.61. The fraction of sp³-hybridized carbons (Fsp3) is 0.0909. The Labute approximate surface area is 112 Å². The first-order valence-electron chi connectivity index (χ1n) is 4.74. The first-order chi connectivity index (χ1) is 8.08. The van der Waals surface area contributed by atoms with E-state index >= 15 is 0 Å². The number of nitrogens with zero attached hydrogens (tertiary/aromatic N) is 1. The van der Waals surface area contributed by atoms with Gasteiger partial charge in [-0.05, 0) is 29.9 Å². The molecule has 0 radical (unpaired) electrons. The number of carboxylic acid groups (broad SMARTS) is 1. The summed E-state index contributed by atoms with van der Waals surface area (Å²) in [6.07, 6.45) is 0. The van der Waals surface area contributed by atoms with E-state index in [1.54, 1.807) is 16.7 Å². The minimum Gasteiger partial charge on any atom is -0.480 e. The van der Waals surface area contributed by atoms with Crippen LogP contribution in [0.5, 0.6) is 0 Å². The van der Waals surface area contributed by atoms with E-state index in [9.17, 15) is 4.79 Å². The van der Waals surface area contributed by atoms with Gasteiger partial charge in [0.1, 0.15) is 6.54 Å². The molecule has 17 heavy (non-hydrogen) atoms. The Morgan fingerprint density at radius 2 is 2.06 bits per heavy atom. The van der Waals surface area contributed by atoms with Crippen molar-refractivity contribution in [2.45, 2.75) is 6.54 Å². The maximum Gasteiger partial charge on any atom is 0.323 e. The van der Waals surface area contributed by atoms with Crippen LogP contribution in [-0.4, -0.2) is 15.6 Å². The third-order valence-electron chi connectivity index (χ3n) is 2.22. The zero-order chi connectivity index (χ0) is 12.4. The second-order valence-electron chi connectivity index (χ2n) is 3.37. The molecule has 88 valence electrons. The zero-order valence-electron chi connectivity index (χ0n) is 8.59. The van der Waals surface area contributed by atoms with Crippen LogP contribution in [0.1, 0.15) is 0 Å². The number of halogens is 1. The SMILES string of the molecule is O=C(O)Cn1c(-c2ccc(Cl)cc2)csc1=S. The summed E-state index contributed by atoms with van der Waals surface area (Å²) >= 11 is 12.3. The largest absolute Gasteiger partial charge is 0.480 e. The second kappa shape index (κ2) is 5.00. The van der Waals surface area contributed by atoms with Crippen molar-refractivity contribution in [3.8, 4) is 11.3 Å². The molecule has 0 atom stereocenters. The molecule has 6 heteroatoms. The topological polar surface area (TPSA) is 42.2 Å². The Hall–Kier alpha value is -1.17. The third kappa shape index (κ3) is 2.74. The summed E-state index contributed by atoms with van der Waals surface area (Å²) in [7, 11) is 0. The minimum absolute atomic E-state index is 0.125. The van der Waals surface area contributed by atoms with Crippen molar-refractivity contribution >= 4 is 41.1 Å². The lowest BCUT2D eigenvalue weighted by Gasteiger charge is -2.05. The number of aromatic nitrogens is 1. The van der Waals surface area contributed by atoms with E-state index in [0.29, 0.717) is 8.98 Å². The number of benzene rings is 1. The fourth-order valence-corrected chi connectivity index (χ4v) is 2.66. The summed E-state index contributed by atoms with van der Waals surface area (Å²) in [5.41, 5.74) is 1.71. The molecule has 1 aromatic heterocycles. The van der Waals surface area contributed by atoms with E-state index in [0.717, 1.165) is 11.3 Å². The normalized spacial score (nSPS) is 10.4. The first-order valence-corrected chi connectivity index (χ1v) is 6.40. The highest BCUT2D eigenvalue weighted by Gasteiger charge is 2.09. The van der Waals surface area contributed by atoms with E-state index in [4.69, 9.17) is 28.9 Å². The van der Waals surface area contributed by atoms with Crippen molar-refractivity contribution in [2.75, 3.05) is 0 Å². The third-order valence-corrected chi connectivity index (χ3v) is 3.74. The van der Waals surface area contributed by atoms with Crippen molar-refractivity contribution in [3.63, 3.8) is 0 Å². The summed E-state index contributed by atoms with van der Waals surface area (Å²) in [5.74, 6) is -0.908. The number of rotatable bonds is 3. The lowest BCUT2D eigenvalue weighted by Crippen LogP contribution is -2.09. The van der Waals surface area contributed by atoms with Crippen molar-refractivity contribution < 1.29 is 9.90 Å². The Morgan fingerprint density at radius 3 is 2.65 bits per heavy atom. The molecule has 0 bridgehead atoms. The average Bonchev–Trinajstić information content (AvgIpc) is 2.61. The van der Waals surface area contributed by atoms with Gasteiger partial charge in [-0.3, -0.25) is 4.79 Å². The molecule has 0 aliphatic carbocycles. The van der Waals surface area contributed by atoms with Crippen LogP contribution in [0.15, 0.2) is 29.6 Å². The smallest absolute Gasteiger partial charge is 0.323 e. The number of hydrogen-bond acceptors (Lipinski definition) is 3. The van der Waals surface area contributed by atoms with Crippen LogP contribution in [-0.2, 0) is 11.3 Å². The monoisotopic (exact) mass is 285 g/mol. The summed E-state index contributed by atoms with van der Waals surface area (Å²) in [4.78, 5) is 10.8. The van der Waals surface area contributed by atoms with Gasteiger partial charge in [-0.1, -0.05) is 23.7 Å². The summed E-state index contributed by atoms with van der Waals surface area (Å²) in [6.45, 7) is -0.125. The maximum absolute atomic E-state index is 10.8. The van der Waals surface area contributed by atoms with Gasteiger partial charge in [0.25, 0.3) is 0 Å². The molecule has 0 saturated heterocycles. The van der Waals surface area contributed by atoms with E-state index in [1.165, 1.54) is 11.3 Å². The maximum atomic E-state index is 10.8. The molecule has 2 rings (SSSR count). The van der Waals surface area contributed by atoms with Crippen molar-refractivity contribution in [1.82, 2.24) is 4.57 Å². The molecule has 0 fully saturated rings. The average molecular weight is 286 g/mol. The molecule has 1 aromatic carbocycles. The van der Waals surface area contributed by atoms with Gasteiger partial charge in [0.15, 0.2) is 3.95 Å². The van der Waals surface area contributed by atoms with E-state index in [2.05, 4.69) is 0 Å². The quantitative estimate of drug-likeness (QED) is 0.875. The van der Waals surface area contributed by atoms with Gasteiger partial charge in [-0.15, -0.1) is 11.3 Å². The molecule has 0 amide bonds. The number of carbonyl (C=O) groups is 1. The van der Waals surface area contributed by atoms with Crippen LogP contribution in [0.4, 0.5) is 0 Å². The lowest BCUT2D eigenvalue weighted by atomic mass is 10.2. The number of thiazole rings is 1. The highest BCUT2D eigenvalue weighted by molar-refractivity contribution is 7.73. The minimum atomic E-state index is -0.908. The molecule has 0 spiro atoms. The van der Waals surface area contributed by atoms with Gasteiger partial charge < -0.3 is 9.67 Å². The van der Waals surface area contributed by atoms with E-state index in [-0.39, 0.29) is 6.54 Å². The highest BCUT2D eigenvalue weighted by atomic mass is 35.5. The predicted molar refractivity (Wildman–Crippen MR) is 71.2 cm³/mol. The predicted octanol–water partition coefficient (Wildman–Crippen LogP) is 3.68. The van der Waals surface area contributed by atoms with Crippen LogP contribution in [0.2, 0.25) is 5.02 Å². The Morgan fingerprint density at radius 1 is 1.41 bits per heavy atom. The van der Waals surface area contributed by atoms with Gasteiger partial charge in [-0.25, -0.2) is 0 Å². The summed E-state index contributed by atoms with van der Waals surface area (Å²) < 4.78 is 2.16. The van der Waals surface area contributed by atoms with Crippen LogP contribution in [0.25, 0.3) is 11.3 Å².